The quantitative estimate of drug-likeness (QED) is 0.836. The Kier molecular flexibility index (Phi) is 4.37. The van der Waals surface area contributed by atoms with E-state index in [-0.39, 0.29) is 18.0 Å². The molecule has 3 nitrogen and oxygen atoms in total. The molecule has 0 aromatic heterocycles. The Morgan fingerprint density at radius 1 is 1.28 bits per heavy atom. The van der Waals surface area contributed by atoms with E-state index in [1.807, 2.05) is 30.3 Å². The Morgan fingerprint density at radius 3 is 2.67 bits per heavy atom. The zero-order chi connectivity index (χ0) is 13.0. The van der Waals surface area contributed by atoms with Crippen molar-refractivity contribution in [1.29, 1.82) is 0 Å². The standard InChI is InChI=1S/C15H20O3/c1-11-7-13(9-14(16)8-11)15(17)18-10-12-5-3-2-4-6-12/h2-6,11,13-14,16H,7-10H2,1H3/t11-,13+,14-/m1/s1. The van der Waals surface area contributed by atoms with Crippen molar-refractivity contribution in [3.8, 4) is 0 Å². The number of esters is 1. The molecule has 0 amide bonds. The van der Waals surface area contributed by atoms with Crippen molar-refractivity contribution in [2.75, 3.05) is 0 Å². The summed E-state index contributed by atoms with van der Waals surface area (Å²) in [5.74, 6) is 0.0694. The van der Waals surface area contributed by atoms with Crippen LogP contribution in [-0.4, -0.2) is 17.2 Å². The second kappa shape index (κ2) is 6.01. The molecule has 2 rings (SSSR count). The van der Waals surface area contributed by atoms with E-state index in [0.29, 0.717) is 18.9 Å². The van der Waals surface area contributed by atoms with Gasteiger partial charge in [-0.2, -0.15) is 0 Å². The highest BCUT2D eigenvalue weighted by Gasteiger charge is 2.30. The van der Waals surface area contributed by atoms with Gasteiger partial charge in [0.2, 0.25) is 0 Å². The zero-order valence-electron chi connectivity index (χ0n) is 10.7. The second-order valence-corrected chi connectivity index (χ2v) is 5.26. The Bertz CT molecular complexity index is 378. The topological polar surface area (TPSA) is 46.5 Å². The summed E-state index contributed by atoms with van der Waals surface area (Å²) in [5, 5.41) is 9.68. The third kappa shape index (κ3) is 3.57. The van der Waals surface area contributed by atoms with Gasteiger partial charge in [0.25, 0.3) is 0 Å². The number of hydrogen-bond donors (Lipinski definition) is 1. The molecule has 1 saturated carbocycles. The van der Waals surface area contributed by atoms with Crippen molar-refractivity contribution in [2.45, 2.75) is 38.9 Å². The summed E-state index contributed by atoms with van der Waals surface area (Å²) < 4.78 is 5.31. The van der Waals surface area contributed by atoms with Crippen molar-refractivity contribution >= 4 is 5.97 Å². The van der Waals surface area contributed by atoms with Gasteiger partial charge in [-0.25, -0.2) is 0 Å². The molecular formula is C15H20O3. The Hall–Kier alpha value is -1.35. The van der Waals surface area contributed by atoms with Gasteiger partial charge in [0, 0.05) is 0 Å². The molecule has 0 aliphatic heterocycles. The molecule has 0 unspecified atom stereocenters. The predicted octanol–water partition coefficient (Wildman–Crippen LogP) is 2.53. The number of rotatable bonds is 3. The van der Waals surface area contributed by atoms with Gasteiger partial charge in [-0.3, -0.25) is 4.79 Å². The van der Waals surface area contributed by atoms with Gasteiger partial charge in [-0.15, -0.1) is 0 Å². The summed E-state index contributed by atoms with van der Waals surface area (Å²) in [5.41, 5.74) is 0.996. The fourth-order valence-electron chi connectivity index (χ4n) is 2.61. The lowest BCUT2D eigenvalue weighted by Gasteiger charge is -2.29. The van der Waals surface area contributed by atoms with Crippen LogP contribution >= 0.6 is 0 Å². The molecule has 1 N–H and O–H groups in total. The summed E-state index contributed by atoms with van der Waals surface area (Å²) in [6.45, 7) is 2.39. The normalized spacial score (nSPS) is 27.8. The van der Waals surface area contributed by atoms with Crippen LogP contribution in [0, 0.1) is 11.8 Å². The van der Waals surface area contributed by atoms with Crippen LogP contribution < -0.4 is 0 Å². The summed E-state index contributed by atoms with van der Waals surface area (Å²) in [4.78, 5) is 11.9. The Labute approximate surface area is 108 Å². The van der Waals surface area contributed by atoms with E-state index >= 15 is 0 Å². The van der Waals surface area contributed by atoms with Crippen molar-refractivity contribution in [1.82, 2.24) is 0 Å². The summed E-state index contributed by atoms with van der Waals surface area (Å²) in [6, 6.07) is 9.66. The van der Waals surface area contributed by atoms with Crippen LogP contribution in [0.15, 0.2) is 30.3 Å². The molecule has 3 atom stereocenters. The van der Waals surface area contributed by atoms with E-state index in [4.69, 9.17) is 4.74 Å². The lowest BCUT2D eigenvalue weighted by Crippen LogP contribution is -2.31. The molecule has 18 heavy (non-hydrogen) atoms. The average molecular weight is 248 g/mol. The van der Waals surface area contributed by atoms with Crippen molar-refractivity contribution in [3.63, 3.8) is 0 Å². The minimum atomic E-state index is -0.358. The predicted molar refractivity (Wildman–Crippen MR) is 68.7 cm³/mol. The van der Waals surface area contributed by atoms with Gasteiger partial charge >= 0.3 is 5.97 Å². The lowest BCUT2D eigenvalue weighted by molar-refractivity contribution is -0.153. The maximum atomic E-state index is 11.9. The molecule has 0 heterocycles. The molecule has 0 spiro atoms. The van der Waals surface area contributed by atoms with E-state index in [1.54, 1.807) is 0 Å². The number of aliphatic hydroxyl groups is 1. The van der Waals surface area contributed by atoms with E-state index in [0.717, 1.165) is 18.4 Å². The van der Waals surface area contributed by atoms with Crippen molar-refractivity contribution in [2.24, 2.45) is 11.8 Å². The van der Waals surface area contributed by atoms with E-state index in [9.17, 15) is 9.90 Å². The highest BCUT2D eigenvalue weighted by Crippen LogP contribution is 2.29. The van der Waals surface area contributed by atoms with Gasteiger partial charge in [0.15, 0.2) is 0 Å². The van der Waals surface area contributed by atoms with Gasteiger partial charge in [-0.1, -0.05) is 37.3 Å². The van der Waals surface area contributed by atoms with Gasteiger partial charge in [0.05, 0.1) is 12.0 Å². The summed E-state index contributed by atoms with van der Waals surface area (Å²) in [6.07, 6.45) is 1.80. The maximum Gasteiger partial charge on any atom is 0.309 e. The first-order valence-electron chi connectivity index (χ1n) is 6.53. The molecule has 1 aromatic carbocycles. The number of ether oxygens (including phenoxy) is 1. The third-order valence-corrected chi connectivity index (χ3v) is 3.48. The van der Waals surface area contributed by atoms with Crippen LogP contribution in [0.1, 0.15) is 31.7 Å². The minimum absolute atomic E-state index is 0.146. The number of carbonyl (C=O) groups is 1. The summed E-state index contributed by atoms with van der Waals surface area (Å²) >= 11 is 0. The van der Waals surface area contributed by atoms with Crippen LogP contribution in [0.25, 0.3) is 0 Å². The van der Waals surface area contributed by atoms with Crippen LogP contribution in [0.3, 0.4) is 0 Å². The zero-order valence-corrected chi connectivity index (χ0v) is 10.7. The average Bonchev–Trinajstić information content (AvgIpc) is 2.36. The minimum Gasteiger partial charge on any atom is -0.461 e. The van der Waals surface area contributed by atoms with E-state index in [1.165, 1.54) is 0 Å². The van der Waals surface area contributed by atoms with E-state index in [2.05, 4.69) is 6.92 Å². The molecule has 0 saturated heterocycles. The monoisotopic (exact) mass is 248 g/mol. The maximum absolute atomic E-state index is 11.9. The molecule has 1 aliphatic rings. The van der Waals surface area contributed by atoms with Gasteiger partial charge < -0.3 is 9.84 Å². The van der Waals surface area contributed by atoms with Crippen LogP contribution in [0.4, 0.5) is 0 Å². The first-order valence-corrected chi connectivity index (χ1v) is 6.53. The molecular weight excluding hydrogens is 228 g/mol. The smallest absolute Gasteiger partial charge is 0.309 e. The largest absolute Gasteiger partial charge is 0.461 e. The highest BCUT2D eigenvalue weighted by atomic mass is 16.5. The Morgan fingerprint density at radius 2 is 2.00 bits per heavy atom. The van der Waals surface area contributed by atoms with Crippen molar-refractivity contribution < 1.29 is 14.6 Å². The fraction of sp³-hybridized carbons (Fsp3) is 0.533. The molecule has 98 valence electrons. The highest BCUT2D eigenvalue weighted by molar-refractivity contribution is 5.72. The Balaban J connectivity index is 1.84. The van der Waals surface area contributed by atoms with Crippen LogP contribution in [0.5, 0.6) is 0 Å². The van der Waals surface area contributed by atoms with Crippen molar-refractivity contribution in [3.05, 3.63) is 35.9 Å². The fourth-order valence-corrected chi connectivity index (χ4v) is 2.61. The van der Waals surface area contributed by atoms with Crippen LogP contribution in [0.2, 0.25) is 0 Å². The van der Waals surface area contributed by atoms with Gasteiger partial charge in [-0.05, 0) is 30.7 Å². The first kappa shape index (κ1) is 13.1. The summed E-state index contributed by atoms with van der Waals surface area (Å²) in [7, 11) is 0. The molecule has 3 heteroatoms. The molecule has 0 bridgehead atoms. The second-order valence-electron chi connectivity index (χ2n) is 5.26. The molecule has 1 aliphatic carbocycles. The number of aliphatic hydroxyl groups excluding tert-OH is 1. The van der Waals surface area contributed by atoms with Crippen LogP contribution in [-0.2, 0) is 16.1 Å². The van der Waals surface area contributed by atoms with E-state index < -0.39 is 0 Å². The molecule has 1 aromatic rings. The first-order chi connectivity index (χ1) is 8.65. The molecule has 1 fully saturated rings. The van der Waals surface area contributed by atoms with Gasteiger partial charge in [0.1, 0.15) is 6.61 Å². The lowest BCUT2D eigenvalue weighted by atomic mass is 9.81. The number of benzene rings is 1. The SMILES string of the molecule is C[C@H]1C[C@@H](O)C[C@@H](C(=O)OCc2ccccc2)C1. The number of carbonyl (C=O) groups excluding carboxylic acids is 1. The molecule has 0 radical (unpaired) electrons. The third-order valence-electron chi connectivity index (χ3n) is 3.48. The number of hydrogen-bond acceptors (Lipinski definition) is 3.